The van der Waals surface area contributed by atoms with Crippen LogP contribution in [0.1, 0.15) is 15.9 Å². The molecule has 0 aliphatic heterocycles. The SMILES string of the molecule is O=C1c2cc([N+](=O)[O-])cc(I)c2-c2c1cc([N+](=O)[O-])cc2[N+](=O)[O-].c1ccc2cc3c(ccc4ccccc43)cc2c1. The molecule has 0 bridgehead atoms. The van der Waals surface area contributed by atoms with Crippen molar-refractivity contribution in [1.82, 2.24) is 0 Å². The first-order valence-corrected chi connectivity index (χ1v) is 13.5. The molecule has 0 unspecified atom stereocenters. The van der Waals surface area contributed by atoms with Gasteiger partial charge in [0.25, 0.3) is 17.1 Å². The number of ketones is 1. The number of hydrogen-bond acceptors (Lipinski definition) is 7. The summed E-state index contributed by atoms with van der Waals surface area (Å²) in [6, 6.07) is 30.0. The van der Waals surface area contributed by atoms with E-state index in [1.165, 1.54) is 38.4 Å². The minimum absolute atomic E-state index is 0.0510. The standard InChI is InChI=1S/C18H12.C13H4IN3O7/c1-2-7-15-12-18-16(11-14(15)6-1)10-9-13-5-3-4-8-17(13)18;14-9-3-5(15(19)20)1-7-11(9)12-8(13(7)18)2-6(16(21)22)4-10(12)17(23)24/h1-12H;1-4H. The predicted octanol–water partition coefficient (Wildman–Crippen LogP) is 8.37. The van der Waals surface area contributed by atoms with Gasteiger partial charge in [-0.15, -0.1) is 0 Å². The van der Waals surface area contributed by atoms with Crippen LogP contribution in [0.25, 0.3) is 43.4 Å². The molecule has 0 atom stereocenters. The van der Waals surface area contributed by atoms with Crippen molar-refractivity contribution in [1.29, 1.82) is 0 Å². The van der Waals surface area contributed by atoms with Gasteiger partial charge in [-0.2, -0.15) is 0 Å². The summed E-state index contributed by atoms with van der Waals surface area (Å²) < 4.78 is 0.279. The lowest BCUT2D eigenvalue weighted by atomic mass is 9.98. The summed E-state index contributed by atoms with van der Waals surface area (Å²) >= 11 is 1.74. The van der Waals surface area contributed by atoms with E-state index < -0.39 is 31.9 Å². The van der Waals surface area contributed by atoms with Crippen molar-refractivity contribution in [2.45, 2.75) is 0 Å². The van der Waals surface area contributed by atoms with Gasteiger partial charge in [-0.1, -0.05) is 60.7 Å². The summed E-state index contributed by atoms with van der Waals surface area (Å²) in [5, 5.41) is 41.1. The highest BCUT2D eigenvalue weighted by Crippen LogP contribution is 2.47. The number of nitro benzene ring substituents is 3. The van der Waals surface area contributed by atoms with E-state index in [2.05, 4.69) is 72.8 Å². The summed E-state index contributed by atoms with van der Waals surface area (Å²) in [6.07, 6.45) is 0. The van der Waals surface area contributed by atoms with Gasteiger partial charge in [-0.25, -0.2) is 0 Å². The molecule has 1 aliphatic rings. The van der Waals surface area contributed by atoms with Crippen LogP contribution in [0.5, 0.6) is 0 Å². The van der Waals surface area contributed by atoms with Crippen LogP contribution in [-0.4, -0.2) is 20.6 Å². The van der Waals surface area contributed by atoms with Gasteiger partial charge in [0, 0.05) is 38.5 Å². The fourth-order valence-electron chi connectivity index (χ4n) is 5.28. The highest BCUT2D eigenvalue weighted by Gasteiger charge is 2.38. The second-order valence-corrected chi connectivity index (χ2v) is 10.7. The van der Waals surface area contributed by atoms with Crippen LogP contribution in [0.2, 0.25) is 0 Å². The van der Waals surface area contributed by atoms with Crippen LogP contribution in [0.15, 0.2) is 97.1 Å². The van der Waals surface area contributed by atoms with E-state index in [1.807, 2.05) is 0 Å². The first kappa shape index (κ1) is 26.9. The van der Waals surface area contributed by atoms with E-state index >= 15 is 0 Å². The number of nitro groups is 3. The van der Waals surface area contributed by atoms with Crippen molar-refractivity contribution in [3.8, 4) is 11.1 Å². The lowest BCUT2D eigenvalue weighted by molar-refractivity contribution is -0.393. The van der Waals surface area contributed by atoms with Crippen LogP contribution in [0.4, 0.5) is 17.1 Å². The topological polar surface area (TPSA) is 146 Å². The Morgan fingerprint density at radius 2 is 1.07 bits per heavy atom. The Morgan fingerprint density at radius 1 is 0.524 bits per heavy atom. The minimum Gasteiger partial charge on any atom is -0.289 e. The fourth-order valence-corrected chi connectivity index (χ4v) is 6.15. The van der Waals surface area contributed by atoms with E-state index in [1.54, 1.807) is 22.6 Å². The molecule has 0 amide bonds. The third-order valence-corrected chi connectivity index (χ3v) is 8.00. The van der Waals surface area contributed by atoms with E-state index in [0.29, 0.717) is 0 Å². The molecule has 204 valence electrons. The second kappa shape index (κ2) is 10.3. The zero-order valence-corrected chi connectivity index (χ0v) is 23.5. The number of carbonyl (C=O) groups excluding carboxylic acids is 1. The monoisotopic (exact) mass is 669 g/mol. The molecule has 0 heterocycles. The molecule has 0 radical (unpaired) electrons. The molecule has 10 nitrogen and oxygen atoms in total. The number of hydrogen-bond donors (Lipinski definition) is 0. The third-order valence-electron chi connectivity index (χ3n) is 7.15. The highest BCUT2D eigenvalue weighted by atomic mass is 127. The van der Waals surface area contributed by atoms with Crippen LogP contribution < -0.4 is 0 Å². The predicted molar refractivity (Wildman–Crippen MR) is 167 cm³/mol. The Kier molecular flexibility index (Phi) is 6.58. The van der Waals surface area contributed by atoms with Gasteiger partial charge in [0.05, 0.1) is 26.4 Å². The number of benzene rings is 6. The number of non-ortho nitro benzene ring substituents is 2. The molecular formula is C31H16IN3O7. The molecule has 0 saturated carbocycles. The average molecular weight is 669 g/mol. The van der Waals surface area contributed by atoms with E-state index in [0.717, 1.165) is 18.2 Å². The van der Waals surface area contributed by atoms with E-state index in [-0.39, 0.29) is 31.5 Å². The lowest BCUT2D eigenvalue weighted by Crippen LogP contribution is -2.00. The maximum atomic E-state index is 12.5. The summed E-state index contributed by atoms with van der Waals surface area (Å²) in [6.45, 7) is 0. The van der Waals surface area contributed by atoms with Crippen molar-refractivity contribution < 1.29 is 19.6 Å². The maximum absolute atomic E-state index is 12.5. The fraction of sp³-hybridized carbons (Fsp3) is 0. The maximum Gasteiger partial charge on any atom is 0.284 e. The zero-order chi connectivity index (χ0) is 29.7. The normalized spacial score (nSPS) is 11.6. The molecule has 6 aromatic carbocycles. The van der Waals surface area contributed by atoms with Gasteiger partial charge < -0.3 is 0 Å². The molecular weight excluding hydrogens is 653 g/mol. The number of rotatable bonds is 3. The lowest BCUT2D eigenvalue weighted by Gasteiger charge is -2.06. The Morgan fingerprint density at radius 3 is 1.71 bits per heavy atom. The molecule has 1 aliphatic carbocycles. The molecule has 11 heteroatoms. The Hall–Kier alpha value is -5.30. The van der Waals surface area contributed by atoms with Crippen molar-refractivity contribution in [3.05, 3.63) is 142 Å². The number of carbonyl (C=O) groups is 1. The Bertz CT molecular complexity index is 2170. The van der Waals surface area contributed by atoms with Crippen LogP contribution in [0.3, 0.4) is 0 Å². The van der Waals surface area contributed by atoms with Gasteiger partial charge in [-0.05, 0) is 67.0 Å². The van der Waals surface area contributed by atoms with Crippen molar-refractivity contribution in [3.63, 3.8) is 0 Å². The Labute approximate surface area is 249 Å². The third kappa shape index (κ3) is 4.49. The molecule has 0 fully saturated rings. The van der Waals surface area contributed by atoms with Crippen molar-refractivity contribution >= 4 is 77.8 Å². The van der Waals surface area contributed by atoms with E-state index in [4.69, 9.17) is 0 Å². The van der Waals surface area contributed by atoms with Gasteiger partial charge in [0.15, 0.2) is 5.78 Å². The zero-order valence-electron chi connectivity index (χ0n) is 21.3. The Balaban J connectivity index is 0.000000156. The van der Waals surface area contributed by atoms with Gasteiger partial charge in [-0.3, -0.25) is 35.1 Å². The average Bonchev–Trinajstić information content (AvgIpc) is 3.27. The van der Waals surface area contributed by atoms with Gasteiger partial charge in [0.1, 0.15) is 0 Å². The largest absolute Gasteiger partial charge is 0.289 e. The summed E-state index contributed by atoms with van der Waals surface area (Å²) in [5.41, 5.74) is -1.66. The number of nitrogens with zero attached hydrogens (tertiary/aromatic N) is 3. The first-order chi connectivity index (χ1) is 20.1. The molecule has 0 aromatic heterocycles. The molecule has 0 saturated heterocycles. The quantitative estimate of drug-likeness (QED) is 0.0604. The smallest absolute Gasteiger partial charge is 0.284 e. The van der Waals surface area contributed by atoms with Crippen LogP contribution >= 0.6 is 22.6 Å². The highest BCUT2D eigenvalue weighted by molar-refractivity contribution is 14.1. The van der Waals surface area contributed by atoms with Crippen LogP contribution in [0, 0.1) is 33.9 Å². The molecule has 7 rings (SSSR count). The number of halogens is 1. The molecule has 42 heavy (non-hydrogen) atoms. The minimum atomic E-state index is -0.836. The molecule has 0 N–H and O–H groups in total. The summed E-state index contributed by atoms with van der Waals surface area (Å²) in [4.78, 5) is 43.3. The molecule has 6 aromatic rings. The first-order valence-electron chi connectivity index (χ1n) is 12.4. The van der Waals surface area contributed by atoms with Crippen LogP contribution in [-0.2, 0) is 0 Å². The molecule has 0 spiro atoms. The van der Waals surface area contributed by atoms with Crippen molar-refractivity contribution in [2.24, 2.45) is 0 Å². The van der Waals surface area contributed by atoms with E-state index in [9.17, 15) is 35.1 Å². The summed E-state index contributed by atoms with van der Waals surface area (Å²) in [7, 11) is 0. The van der Waals surface area contributed by atoms with Gasteiger partial charge >= 0.3 is 0 Å². The number of fused-ring (bicyclic) bond motifs is 7. The summed E-state index contributed by atoms with van der Waals surface area (Å²) in [5.74, 6) is -0.714. The second-order valence-electron chi connectivity index (χ2n) is 9.55. The van der Waals surface area contributed by atoms with Crippen molar-refractivity contribution in [2.75, 3.05) is 0 Å². The van der Waals surface area contributed by atoms with Gasteiger partial charge in [0.2, 0.25) is 0 Å².